The molecular formula is C31H36ClF2N7O. The Kier molecular flexibility index (Phi) is 6.79. The first-order valence-electron chi connectivity index (χ1n) is 14.8. The number of pyridine rings is 1. The summed E-state index contributed by atoms with van der Waals surface area (Å²) >= 11 is 6.86. The van der Waals surface area contributed by atoms with E-state index in [4.69, 9.17) is 27.1 Å². The standard InChI is InChI=1S/C31H36ClF2N7O/c1-16(2)24-17(3)9-23(35)37-28(24)25-22(32)10-21-27(26(25)34)38-30(39-29(21)40-13-19-5-6-20(14-40)36-19)42-15-31-7-4-8-41(31)12-18(33)11-31/h9-10,18-20,36H,1,4-8,11-15H2,2-3H3,(H2,35,37)/t18-,19?,20?,31+/m1/s1. The molecule has 0 spiro atoms. The lowest BCUT2D eigenvalue weighted by Crippen LogP contribution is -2.51. The molecule has 7 rings (SSSR count). The number of alkyl halides is 1. The smallest absolute Gasteiger partial charge is 0.319 e. The lowest BCUT2D eigenvalue weighted by molar-refractivity contribution is 0.107. The molecule has 42 heavy (non-hydrogen) atoms. The quantitative estimate of drug-likeness (QED) is 0.396. The van der Waals surface area contributed by atoms with Gasteiger partial charge in [0, 0.05) is 49.1 Å². The van der Waals surface area contributed by atoms with E-state index in [1.165, 1.54) is 0 Å². The number of piperazine rings is 1. The molecule has 222 valence electrons. The van der Waals surface area contributed by atoms with Crippen molar-refractivity contribution >= 4 is 39.7 Å². The molecule has 4 aliphatic rings. The number of ether oxygens (including phenoxy) is 1. The SMILES string of the molecule is C=C(C)c1c(C)cc(N)nc1-c1c(Cl)cc2c(N3CC4CCC(C3)N4)nc(OC[C@@]34CCCN3C[C@H](F)C4)nc2c1F. The molecule has 6 heterocycles. The van der Waals surface area contributed by atoms with E-state index in [-0.39, 0.29) is 40.1 Å². The number of fused-ring (bicyclic) bond motifs is 4. The van der Waals surface area contributed by atoms with Crippen LogP contribution in [0.4, 0.5) is 20.4 Å². The molecule has 1 aromatic carbocycles. The Labute approximate surface area is 249 Å². The van der Waals surface area contributed by atoms with Gasteiger partial charge < -0.3 is 20.7 Å². The van der Waals surface area contributed by atoms with Gasteiger partial charge in [0.15, 0.2) is 5.82 Å². The molecule has 0 saturated carbocycles. The van der Waals surface area contributed by atoms with Crippen molar-refractivity contribution in [3.63, 3.8) is 0 Å². The molecular weight excluding hydrogens is 560 g/mol. The number of rotatable bonds is 6. The Hall–Kier alpha value is -3.08. The van der Waals surface area contributed by atoms with Gasteiger partial charge in [-0.3, -0.25) is 4.90 Å². The Morgan fingerprint density at radius 1 is 1.21 bits per heavy atom. The van der Waals surface area contributed by atoms with Crippen LogP contribution in [0.1, 0.15) is 50.2 Å². The molecule has 4 saturated heterocycles. The van der Waals surface area contributed by atoms with Crippen LogP contribution in [0.2, 0.25) is 5.02 Å². The van der Waals surface area contributed by atoms with Gasteiger partial charge in [0.25, 0.3) is 0 Å². The number of nitrogen functional groups attached to an aromatic ring is 1. The molecule has 4 fully saturated rings. The van der Waals surface area contributed by atoms with Crippen LogP contribution in [0.15, 0.2) is 18.7 Å². The fourth-order valence-corrected chi connectivity index (χ4v) is 8.00. The number of nitrogens with one attached hydrogen (secondary N) is 1. The van der Waals surface area contributed by atoms with Crippen LogP contribution in [-0.4, -0.2) is 76.4 Å². The van der Waals surface area contributed by atoms with Crippen LogP contribution in [0, 0.1) is 12.7 Å². The second-order valence-electron chi connectivity index (χ2n) is 12.5. The van der Waals surface area contributed by atoms with Crippen LogP contribution < -0.4 is 20.7 Å². The number of hydrogen-bond acceptors (Lipinski definition) is 8. The molecule has 4 atom stereocenters. The molecule has 11 heteroatoms. The van der Waals surface area contributed by atoms with Crippen LogP contribution in [-0.2, 0) is 0 Å². The minimum atomic E-state index is -0.878. The van der Waals surface area contributed by atoms with Crippen LogP contribution >= 0.6 is 11.6 Å². The van der Waals surface area contributed by atoms with Gasteiger partial charge in [-0.25, -0.2) is 13.8 Å². The summed E-state index contributed by atoms with van der Waals surface area (Å²) in [6.45, 7) is 10.8. The van der Waals surface area contributed by atoms with Gasteiger partial charge in [-0.05, 0) is 69.3 Å². The van der Waals surface area contributed by atoms with E-state index in [9.17, 15) is 4.39 Å². The zero-order valence-electron chi connectivity index (χ0n) is 24.0. The zero-order valence-corrected chi connectivity index (χ0v) is 24.8. The third kappa shape index (κ3) is 4.59. The average Bonchev–Trinajstić information content (AvgIpc) is 3.57. The number of halogens is 3. The maximum Gasteiger partial charge on any atom is 0.319 e. The van der Waals surface area contributed by atoms with Crippen LogP contribution in [0.3, 0.4) is 0 Å². The van der Waals surface area contributed by atoms with E-state index in [1.54, 1.807) is 12.1 Å². The molecule has 0 amide bonds. The van der Waals surface area contributed by atoms with Gasteiger partial charge in [-0.2, -0.15) is 9.97 Å². The summed E-state index contributed by atoms with van der Waals surface area (Å²) in [6, 6.07) is 4.21. The summed E-state index contributed by atoms with van der Waals surface area (Å²) in [7, 11) is 0. The highest BCUT2D eigenvalue weighted by Gasteiger charge is 2.49. The van der Waals surface area contributed by atoms with Crippen molar-refractivity contribution in [3.8, 4) is 17.3 Å². The molecule has 0 aliphatic carbocycles. The van der Waals surface area contributed by atoms with Crippen molar-refractivity contribution < 1.29 is 13.5 Å². The maximum atomic E-state index is 16.8. The highest BCUT2D eigenvalue weighted by Crippen LogP contribution is 2.43. The third-order valence-corrected chi connectivity index (χ3v) is 9.79. The maximum absolute atomic E-state index is 16.8. The first-order valence-corrected chi connectivity index (χ1v) is 15.2. The van der Waals surface area contributed by atoms with E-state index < -0.39 is 12.0 Å². The van der Waals surface area contributed by atoms with Gasteiger partial charge in [0.2, 0.25) is 0 Å². The molecule has 8 nitrogen and oxygen atoms in total. The lowest BCUT2D eigenvalue weighted by Gasteiger charge is -2.34. The van der Waals surface area contributed by atoms with Crippen molar-refractivity contribution in [2.75, 3.05) is 43.4 Å². The number of aromatic nitrogens is 3. The van der Waals surface area contributed by atoms with Crippen molar-refractivity contribution in [2.45, 2.75) is 69.7 Å². The van der Waals surface area contributed by atoms with Crippen LogP contribution in [0.25, 0.3) is 27.7 Å². The van der Waals surface area contributed by atoms with Gasteiger partial charge in [-0.15, -0.1) is 0 Å². The number of benzene rings is 1. The van der Waals surface area contributed by atoms with Crippen molar-refractivity contribution in [2.24, 2.45) is 0 Å². The molecule has 0 radical (unpaired) electrons. The Morgan fingerprint density at radius 2 is 1.98 bits per heavy atom. The number of nitrogens with zero attached hydrogens (tertiary/aromatic N) is 5. The summed E-state index contributed by atoms with van der Waals surface area (Å²) in [4.78, 5) is 18.3. The topological polar surface area (TPSA) is 92.4 Å². The van der Waals surface area contributed by atoms with E-state index in [1.807, 2.05) is 13.8 Å². The largest absolute Gasteiger partial charge is 0.461 e. The van der Waals surface area contributed by atoms with Crippen molar-refractivity contribution in [1.29, 1.82) is 0 Å². The predicted octanol–water partition coefficient (Wildman–Crippen LogP) is 5.30. The van der Waals surface area contributed by atoms with E-state index in [2.05, 4.69) is 31.7 Å². The highest BCUT2D eigenvalue weighted by atomic mass is 35.5. The monoisotopic (exact) mass is 595 g/mol. The molecule has 2 aromatic heterocycles. The van der Waals surface area contributed by atoms with Crippen molar-refractivity contribution in [3.05, 3.63) is 40.7 Å². The second-order valence-corrected chi connectivity index (χ2v) is 13.0. The van der Waals surface area contributed by atoms with Crippen LogP contribution in [0.5, 0.6) is 6.01 Å². The Balaban J connectivity index is 1.37. The van der Waals surface area contributed by atoms with E-state index in [0.717, 1.165) is 56.5 Å². The summed E-state index contributed by atoms with van der Waals surface area (Å²) in [5.74, 6) is 0.234. The van der Waals surface area contributed by atoms with E-state index in [0.29, 0.717) is 47.5 Å². The minimum absolute atomic E-state index is 0.0796. The summed E-state index contributed by atoms with van der Waals surface area (Å²) < 4.78 is 37.5. The van der Waals surface area contributed by atoms with Gasteiger partial charge in [0.05, 0.1) is 21.8 Å². The fraction of sp³-hybridized carbons (Fsp3) is 0.516. The molecule has 4 aliphatic heterocycles. The fourth-order valence-electron chi connectivity index (χ4n) is 7.72. The average molecular weight is 596 g/mol. The molecule has 2 bridgehead atoms. The molecule has 3 aromatic rings. The Morgan fingerprint density at radius 3 is 2.71 bits per heavy atom. The normalized spacial score (nSPS) is 27.2. The molecule has 3 N–H and O–H groups in total. The highest BCUT2D eigenvalue weighted by molar-refractivity contribution is 6.34. The first-order chi connectivity index (χ1) is 20.1. The van der Waals surface area contributed by atoms with E-state index >= 15 is 4.39 Å². The lowest BCUT2D eigenvalue weighted by atomic mass is 9.95. The second kappa shape index (κ2) is 10.3. The predicted molar refractivity (Wildman–Crippen MR) is 162 cm³/mol. The van der Waals surface area contributed by atoms with Gasteiger partial charge in [0.1, 0.15) is 29.9 Å². The summed E-state index contributed by atoms with van der Waals surface area (Å²) in [5, 5.41) is 4.34. The third-order valence-electron chi connectivity index (χ3n) is 9.49. The summed E-state index contributed by atoms with van der Waals surface area (Å²) in [6.07, 6.45) is 3.56. The number of anilines is 2. The van der Waals surface area contributed by atoms with Crippen molar-refractivity contribution in [1.82, 2.24) is 25.2 Å². The first kappa shape index (κ1) is 27.7. The zero-order chi connectivity index (χ0) is 29.3. The number of hydrogen-bond donors (Lipinski definition) is 2. The Bertz CT molecular complexity index is 1590. The van der Waals surface area contributed by atoms with Gasteiger partial charge in [-0.1, -0.05) is 18.2 Å². The number of allylic oxidation sites excluding steroid dienone is 1. The minimum Gasteiger partial charge on any atom is -0.461 e. The van der Waals surface area contributed by atoms with Gasteiger partial charge >= 0.3 is 6.01 Å². The number of aryl methyl sites for hydroxylation is 1. The summed E-state index contributed by atoms with van der Waals surface area (Å²) in [5.41, 5.74) is 8.51. The number of nitrogens with two attached hydrogens (primary N) is 1. The molecule has 2 unspecified atom stereocenters.